The van der Waals surface area contributed by atoms with E-state index in [-0.39, 0.29) is 5.91 Å². The highest BCUT2D eigenvalue weighted by atomic mass is 16.7. The summed E-state index contributed by atoms with van der Waals surface area (Å²) >= 11 is 0. The molecule has 1 heterocycles. The summed E-state index contributed by atoms with van der Waals surface area (Å²) in [7, 11) is 0. The molecule has 0 aliphatic carbocycles. The smallest absolute Gasteiger partial charge is 0.246 e. The summed E-state index contributed by atoms with van der Waals surface area (Å²) in [6.45, 7) is 5.67. The number of fused-ring (bicyclic) bond motifs is 1. The lowest BCUT2D eigenvalue weighted by Gasteiger charge is -2.16. The van der Waals surface area contributed by atoms with Crippen molar-refractivity contribution in [1.29, 1.82) is 0 Å². The molecule has 0 saturated heterocycles. The molecule has 0 unspecified atom stereocenters. The highest BCUT2D eigenvalue weighted by Crippen LogP contribution is 2.40. The number of hydrogen-bond donors (Lipinski definition) is 2. The normalized spacial score (nSPS) is 17.1. The number of rotatable bonds is 4. The van der Waals surface area contributed by atoms with E-state index in [1.165, 1.54) is 0 Å². The maximum absolute atomic E-state index is 11.8. The SMILES string of the molecule is CCC[C@H](N)C(=O)Nc1ccc2c(c1)OC(C)(C)O2. The minimum atomic E-state index is -0.663. The monoisotopic (exact) mass is 264 g/mol. The van der Waals surface area contributed by atoms with Gasteiger partial charge in [-0.2, -0.15) is 0 Å². The summed E-state index contributed by atoms with van der Waals surface area (Å²) in [5, 5.41) is 2.78. The Bertz CT molecular complexity index is 486. The molecule has 1 amide bonds. The van der Waals surface area contributed by atoms with Crippen molar-refractivity contribution in [2.24, 2.45) is 5.73 Å². The Kier molecular flexibility index (Phi) is 3.66. The molecule has 1 aromatic rings. The van der Waals surface area contributed by atoms with Gasteiger partial charge in [-0.05, 0) is 18.6 Å². The molecule has 5 heteroatoms. The molecule has 0 saturated carbocycles. The van der Waals surface area contributed by atoms with Crippen molar-refractivity contribution < 1.29 is 14.3 Å². The molecule has 104 valence electrons. The lowest BCUT2D eigenvalue weighted by atomic mass is 10.1. The Balaban J connectivity index is 2.06. The minimum absolute atomic E-state index is 0.181. The van der Waals surface area contributed by atoms with Crippen molar-refractivity contribution in [1.82, 2.24) is 0 Å². The van der Waals surface area contributed by atoms with Gasteiger partial charge in [-0.15, -0.1) is 0 Å². The van der Waals surface area contributed by atoms with Crippen LogP contribution in [-0.4, -0.2) is 17.7 Å². The number of ether oxygens (including phenoxy) is 2. The van der Waals surface area contributed by atoms with Crippen LogP contribution in [0.4, 0.5) is 5.69 Å². The average molecular weight is 264 g/mol. The Morgan fingerprint density at radius 2 is 2.05 bits per heavy atom. The number of carbonyl (C=O) groups is 1. The quantitative estimate of drug-likeness (QED) is 0.874. The second kappa shape index (κ2) is 5.09. The third-order valence-electron chi connectivity index (χ3n) is 2.86. The second-order valence-electron chi connectivity index (χ2n) is 5.15. The van der Waals surface area contributed by atoms with Crippen LogP contribution in [0.2, 0.25) is 0 Å². The molecule has 1 atom stereocenters. The Hall–Kier alpha value is -1.75. The first-order chi connectivity index (χ1) is 8.91. The number of amides is 1. The van der Waals surface area contributed by atoms with Crippen LogP contribution in [0.25, 0.3) is 0 Å². The maximum atomic E-state index is 11.8. The van der Waals surface area contributed by atoms with Gasteiger partial charge in [0.15, 0.2) is 11.5 Å². The van der Waals surface area contributed by atoms with Crippen LogP contribution in [-0.2, 0) is 4.79 Å². The van der Waals surface area contributed by atoms with Crippen molar-refractivity contribution in [2.75, 3.05) is 5.32 Å². The van der Waals surface area contributed by atoms with Crippen LogP contribution in [0.5, 0.6) is 11.5 Å². The largest absolute Gasteiger partial charge is 0.449 e. The first kappa shape index (κ1) is 13.7. The standard InChI is InChI=1S/C14H20N2O3/c1-4-5-10(15)13(17)16-9-6-7-11-12(8-9)19-14(2,3)18-11/h6-8,10H,4-5,15H2,1-3H3,(H,16,17)/t10-/m0/s1. The molecular weight excluding hydrogens is 244 g/mol. The van der Waals surface area contributed by atoms with E-state index in [0.29, 0.717) is 23.6 Å². The first-order valence-corrected chi connectivity index (χ1v) is 6.50. The van der Waals surface area contributed by atoms with E-state index in [1.54, 1.807) is 18.2 Å². The van der Waals surface area contributed by atoms with Crippen LogP contribution >= 0.6 is 0 Å². The zero-order valence-corrected chi connectivity index (χ0v) is 11.5. The maximum Gasteiger partial charge on any atom is 0.246 e. The zero-order chi connectivity index (χ0) is 14.0. The summed E-state index contributed by atoms with van der Waals surface area (Å²) < 4.78 is 11.2. The average Bonchev–Trinajstić information content (AvgIpc) is 2.62. The lowest BCUT2D eigenvalue weighted by Crippen LogP contribution is -2.35. The van der Waals surface area contributed by atoms with Gasteiger partial charge in [-0.25, -0.2) is 0 Å². The molecule has 1 aliphatic heterocycles. The van der Waals surface area contributed by atoms with E-state index in [2.05, 4.69) is 5.32 Å². The van der Waals surface area contributed by atoms with E-state index < -0.39 is 11.8 Å². The first-order valence-electron chi connectivity index (χ1n) is 6.50. The number of carbonyl (C=O) groups excluding carboxylic acids is 1. The molecule has 1 aliphatic rings. The van der Waals surface area contributed by atoms with E-state index in [0.717, 1.165) is 6.42 Å². The molecule has 19 heavy (non-hydrogen) atoms. The van der Waals surface area contributed by atoms with Gasteiger partial charge < -0.3 is 20.5 Å². The number of benzene rings is 1. The third-order valence-corrected chi connectivity index (χ3v) is 2.86. The van der Waals surface area contributed by atoms with Crippen molar-refractivity contribution in [3.05, 3.63) is 18.2 Å². The molecule has 2 rings (SSSR count). The summed E-state index contributed by atoms with van der Waals surface area (Å²) in [6.07, 6.45) is 1.55. The zero-order valence-electron chi connectivity index (χ0n) is 11.5. The van der Waals surface area contributed by atoms with Crippen molar-refractivity contribution >= 4 is 11.6 Å². The van der Waals surface area contributed by atoms with Crippen molar-refractivity contribution in [2.45, 2.75) is 45.4 Å². The number of hydrogen-bond acceptors (Lipinski definition) is 4. The number of nitrogens with one attached hydrogen (secondary N) is 1. The fraction of sp³-hybridized carbons (Fsp3) is 0.500. The van der Waals surface area contributed by atoms with E-state index in [4.69, 9.17) is 15.2 Å². The van der Waals surface area contributed by atoms with Gasteiger partial charge in [0, 0.05) is 25.6 Å². The third kappa shape index (κ3) is 3.17. The topological polar surface area (TPSA) is 73.6 Å². The molecule has 0 spiro atoms. The van der Waals surface area contributed by atoms with Gasteiger partial charge in [0.25, 0.3) is 0 Å². The van der Waals surface area contributed by atoms with E-state index >= 15 is 0 Å². The predicted molar refractivity (Wildman–Crippen MR) is 73.3 cm³/mol. The van der Waals surface area contributed by atoms with Gasteiger partial charge in [0.05, 0.1) is 6.04 Å². The summed E-state index contributed by atoms with van der Waals surface area (Å²) in [5.41, 5.74) is 6.43. The summed E-state index contributed by atoms with van der Waals surface area (Å²) in [4.78, 5) is 11.8. The lowest BCUT2D eigenvalue weighted by molar-refractivity contribution is -0.117. The molecule has 3 N–H and O–H groups in total. The summed E-state index contributed by atoms with van der Waals surface area (Å²) in [6, 6.07) is 4.83. The fourth-order valence-corrected chi connectivity index (χ4v) is 1.98. The molecule has 0 aromatic heterocycles. The fourth-order valence-electron chi connectivity index (χ4n) is 1.98. The molecule has 0 radical (unpaired) electrons. The predicted octanol–water partition coefficient (Wildman–Crippen LogP) is 2.26. The van der Waals surface area contributed by atoms with Gasteiger partial charge in [-0.1, -0.05) is 13.3 Å². The van der Waals surface area contributed by atoms with Crippen LogP contribution < -0.4 is 20.5 Å². The van der Waals surface area contributed by atoms with Crippen LogP contribution in [0.3, 0.4) is 0 Å². The molecule has 0 bridgehead atoms. The van der Waals surface area contributed by atoms with E-state index in [1.807, 2.05) is 20.8 Å². The van der Waals surface area contributed by atoms with Gasteiger partial charge in [-0.3, -0.25) is 4.79 Å². The second-order valence-corrected chi connectivity index (χ2v) is 5.15. The van der Waals surface area contributed by atoms with Crippen LogP contribution in [0, 0.1) is 0 Å². The highest BCUT2D eigenvalue weighted by molar-refractivity contribution is 5.94. The summed E-state index contributed by atoms with van der Waals surface area (Å²) in [5.74, 6) is 0.469. The Morgan fingerprint density at radius 1 is 1.37 bits per heavy atom. The van der Waals surface area contributed by atoms with Gasteiger partial charge in [0.1, 0.15) is 0 Å². The van der Waals surface area contributed by atoms with Crippen LogP contribution in [0.1, 0.15) is 33.6 Å². The Labute approximate surface area is 113 Å². The van der Waals surface area contributed by atoms with Crippen molar-refractivity contribution in [3.8, 4) is 11.5 Å². The van der Waals surface area contributed by atoms with Crippen molar-refractivity contribution in [3.63, 3.8) is 0 Å². The van der Waals surface area contributed by atoms with E-state index in [9.17, 15) is 4.79 Å². The number of anilines is 1. The highest BCUT2D eigenvalue weighted by Gasteiger charge is 2.31. The minimum Gasteiger partial charge on any atom is -0.449 e. The van der Waals surface area contributed by atoms with Crippen LogP contribution in [0.15, 0.2) is 18.2 Å². The molecule has 1 aromatic carbocycles. The van der Waals surface area contributed by atoms with Gasteiger partial charge in [0.2, 0.25) is 11.7 Å². The molecule has 0 fully saturated rings. The van der Waals surface area contributed by atoms with Gasteiger partial charge >= 0.3 is 0 Å². The molecule has 5 nitrogen and oxygen atoms in total. The Morgan fingerprint density at radius 3 is 2.74 bits per heavy atom. The molecular formula is C14H20N2O3. The number of nitrogens with two attached hydrogens (primary N) is 1.